The van der Waals surface area contributed by atoms with Crippen LogP contribution in [0.25, 0.3) is 10.9 Å². The van der Waals surface area contributed by atoms with Crippen LogP contribution in [0, 0.1) is 6.92 Å². The van der Waals surface area contributed by atoms with Gasteiger partial charge >= 0.3 is 0 Å². The van der Waals surface area contributed by atoms with Gasteiger partial charge in [-0.25, -0.2) is 0 Å². The van der Waals surface area contributed by atoms with E-state index in [0.29, 0.717) is 6.54 Å². The number of para-hydroxylation sites is 1. The summed E-state index contributed by atoms with van der Waals surface area (Å²) in [6.45, 7) is 3.69. The largest absolute Gasteiger partial charge is 0.366 e. The van der Waals surface area contributed by atoms with Crippen LogP contribution in [0.5, 0.6) is 0 Å². The molecule has 24 heavy (non-hydrogen) atoms. The van der Waals surface area contributed by atoms with Crippen molar-refractivity contribution >= 4 is 28.2 Å². The third kappa shape index (κ3) is 3.57. The number of nitrogens with zero attached hydrogens (tertiary/aromatic N) is 2. The van der Waals surface area contributed by atoms with E-state index in [1.165, 1.54) is 22.2 Å². The van der Waals surface area contributed by atoms with Gasteiger partial charge in [-0.2, -0.15) is 0 Å². The van der Waals surface area contributed by atoms with Crippen LogP contribution in [0.1, 0.15) is 17.0 Å². The number of aromatic amines is 1. The van der Waals surface area contributed by atoms with Gasteiger partial charge in [-0.15, -0.1) is 0 Å². The molecule has 4 nitrogen and oxygen atoms in total. The number of hydrogen-bond donors (Lipinski definition) is 2. The lowest BCUT2D eigenvalue weighted by atomic mass is 10.1. The summed E-state index contributed by atoms with van der Waals surface area (Å²) in [5, 5.41) is 5.13. The second kappa shape index (κ2) is 7.45. The number of H-pyrrole nitrogens is 1. The number of aromatic nitrogens is 2. The quantitative estimate of drug-likeness (QED) is 0.700. The fraction of sp³-hybridized carbons (Fsp3) is 0.263. The van der Waals surface area contributed by atoms with E-state index in [2.05, 4.69) is 51.4 Å². The highest BCUT2D eigenvalue weighted by atomic mass is 32.1. The van der Waals surface area contributed by atoms with Gasteiger partial charge in [0, 0.05) is 36.4 Å². The Labute approximate surface area is 147 Å². The number of hydrogen-bond acceptors (Lipinski definition) is 2. The number of rotatable bonds is 5. The second-order valence-electron chi connectivity index (χ2n) is 5.82. The molecule has 3 aromatic rings. The molecule has 124 valence electrons. The van der Waals surface area contributed by atoms with Crippen molar-refractivity contribution in [1.29, 1.82) is 0 Å². The second-order valence-corrected chi connectivity index (χ2v) is 6.21. The summed E-state index contributed by atoms with van der Waals surface area (Å²) in [5.41, 5.74) is 4.79. The minimum absolute atomic E-state index is 0.710. The summed E-state index contributed by atoms with van der Waals surface area (Å²) in [6, 6.07) is 14.4. The Morgan fingerprint density at radius 2 is 2.00 bits per heavy atom. The van der Waals surface area contributed by atoms with Crippen LogP contribution in [-0.2, 0) is 13.0 Å². The molecule has 0 spiro atoms. The van der Waals surface area contributed by atoms with Crippen LogP contribution < -0.4 is 5.32 Å². The summed E-state index contributed by atoms with van der Waals surface area (Å²) < 4.78 is 0. The number of fused-ring (bicyclic) bond motifs is 1. The van der Waals surface area contributed by atoms with Crippen molar-refractivity contribution in [3.63, 3.8) is 0 Å². The van der Waals surface area contributed by atoms with Crippen molar-refractivity contribution in [3.8, 4) is 0 Å². The molecule has 2 N–H and O–H groups in total. The summed E-state index contributed by atoms with van der Waals surface area (Å²) in [5.74, 6) is 0. The fourth-order valence-corrected chi connectivity index (χ4v) is 3.16. The number of thiocarbonyl (C=S) groups is 1. The van der Waals surface area contributed by atoms with Gasteiger partial charge in [-0.3, -0.25) is 4.98 Å². The highest BCUT2D eigenvalue weighted by Gasteiger charge is 2.13. The normalized spacial score (nSPS) is 10.8. The zero-order valence-electron chi connectivity index (χ0n) is 14.0. The molecule has 0 saturated heterocycles. The average molecular weight is 338 g/mol. The van der Waals surface area contributed by atoms with Gasteiger partial charge in [-0.1, -0.05) is 24.3 Å². The van der Waals surface area contributed by atoms with Crippen molar-refractivity contribution in [2.24, 2.45) is 0 Å². The van der Waals surface area contributed by atoms with Gasteiger partial charge in [0.2, 0.25) is 0 Å². The third-order valence-corrected chi connectivity index (χ3v) is 4.70. The van der Waals surface area contributed by atoms with Crippen molar-refractivity contribution in [1.82, 2.24) is 20.2 Å². The Balaban J connectivity index is 1.77. The minimum Gasteiger partial charge on any atom is -0.366 e. The van der Waals surface area contributed by atoms with Crippen LogP contribution in [0.3, 0.4) is 0 Å². The van der Waals surface area contributed by atoms with E-state index in [4.69, 9.17) is 12.2 Å². The molecule has 0 aliphatic carbocycles. The summed E-state index contributed by atoms with van der Waals surface area (Å²) in [6.07, 6.45) is 2.75. The van der Waals surface area contributed by atoms with Crippen molar-refractivity contribution < 1.29 is 0 Å². The van der Waals surface area contributed by atoms with E-state index in [1.54, 1.807) is 0 Å². The molecular weight excluding hydrogens is 316 g/mol. The molecule has 0 saturated carbocycles. The first-order valence-electron chi connectivity index (χ1n) is 8.12. The Kier molecular flexibility index (Phi) is 5.11. The molecule has 5 heteroatoms. The summed E-state index contributed by atoms with van der Waals surface area (Å²) in [4.78, 5) is 10.0. The smallest absolute Gasteiger partial charge is 0.169 e. The lowest BCUT2D eigenvalue weighted by Gasteiger charge is -2.24. The van der Waals surface area contributed by atoms with Crippen LogP contribution in [0.2, 0.25) is 0 Å². The first-order valence-corrected chi connectivity index (χ1v) is 8.52. The van der Waals surface area contributed by atoms with E-state index in [-0.39, 0.29) is 0 Å². The van der Waals surface area contributed by atoms with E-state index >= 15 is 0 Å². The molecule has 0 aliphatic rings. The molecule has 0 amide bonds. The predicted octanol–water partition coefficient (Wildman–Crippen LogP) is 3.42. The highest BCUT2D eigenvalue weighted by molar-refractivity contribution is 7.80. The minimum atomic E-state index is 0.710. The van der Waals surface area contributed by atoms with E-state index in [9.17, 15) is 0 Å². The lowest BCUT2D eigenvalue weighted by molar-refractivity contribution is 0.407. The van der Waals surface area contributed by atoms with Gasteiger partial charge < -0.3 is 15.2 Å². The number of nitrogens with one attached hydrogen (secondary N) is 2. The number of pyridine rings is 1. The average Bonchev–Trinajstić information content (AvgIpc) is 2.94. The number of aryl methyl sites for hydroxylation is 1. The van der Waals surface area contributed by atoms with Gasteiger partial charge in [-0.05, 0) is 49.3 Å². The molecule has 0 radical (unpaired) electrons. The fourth-order valence-electron chi connectivity index (χ4n) is 3.00. The summed E-state index contributed by atoms with van der Waals surface area (Å²) >= 11 is 5.48. The lowest BCUT2D eigenvalue weighted by Crippen LogP contribution is -2.38. The Bertz CT molecular complexity index is 826. The highest BCUT2D eigenvalue weighted by Crippen LogP contribution is 2.22. The first-order chi connectivity index (χ1) is 11.7. The molecule has 0 fully saturated rings. The standard InChI is InChI=1S/C19H22N4S/c1-14-16(17-8-3-4-9-18(17)22-14)10-12-23(19(24)20-2)13-15-7-5-6-11-21-15/h3-9,11,22H,10,12-13H2,1-2H3,(H,20,24). The molecule has 2 heterocycles. The molecular formula is C19H22N4S. The maximum atomic E-state index is 5.48. The van der Waals surface area contributed by atoms with Crippen LogP contribution in [0.15, 0.2) is 48.7 Å². The van der Waals surface area contributed by atoms with Crippen LogP contribution >= 0.6 is 12.2 Å². The van der Waals surface area contributed by atoms with Crippen molar-refractivity contribution in [2.45, 2.75) is 19.9 Å². The molecule has 2 aromatic heterocycles. The Hall–Kier alpha value is -2.40. The molecule has 3 rings (SSSR count). The van der Waals surface area contributed by atoms with E-state index in [1.807, 2.05) is 31.4 Å². The third-order valence-electron chi connectivity index (χ3n) is 4.24. The SMILES string of the molecule is CNC(=S)N(CCc1c(C)[nH]c2ccccc12)Cc1ccccn1. The molecule has 1 aromatic carbocycles. The molecule has 0 atom stereocenters. The zero-order chi connectivity index (χ0) is 16.9. The van der Waals surface area contributed by atoms with Crippen molar-refractivity contribution in [2.75, 3.05) is 13.6 Å². The Morgan fingerprint density at radius 1 is 1.21 bits per heavy atom. The van der Waals surface area contributed by atoms with Gasteiger partial charge in [0.05, 0.1) is 12.2 Å². The Morgan fingerprint density at radius 3 is 2.75 bits per heavy atom. The van der Waals surface area contributed by atoms with Gasteiger partial charge in [0.15, 0.2) is 5.11 Å². The first kappa shape index (κ1) is 16.5. The zero-order valence-corrected chi connectivity index (χ0v) is 14.9. The molecule has 0 bridgehead atoms. The van der Waals surface area contributed by atoms with Crippen molar-refractivity contribution in [3.05, 3.63) is 65.6 Å². The number of benzene rings is 1. The maximum Gasteiger partial charge on any atom is 0.169 e. The monoisotopic (exact) mass is 338 g/mol. The molecule has 0 unspecified atom stereocenters. The van der Waals surface area contributed by atoms with E-state index in [0.717, 1.165) is 23.8 Å². The molecule has 0 aliphatic heterocycles. The van der Waals surface area contributed by atoms with Gasteiger partial charge in [0.1, 0.15) is 0 Å². The van der Waals surface area contributed by atoms with E-state index < -0.39 is 0 Å². The summed E-state index contributed by atoms with van der Waals surface area (Å²) in [7, 11) is 1.87. The van der Waals surface area contributed by atoms with Gasteiger partial charge in [0.25, 0.3) is 0 Å². The maximum absolute atomic E-state index is 5.48. The topological polar surface area (TPSA) is 44.0 Å². The van der Waals surface area contributed by atoms with Crippen LogP contribution in [-0.4, -0.2) is 33.6 Å². The van der Waals surface area contributed by atoms with Crippen LogP contribution in [0.4, 0.5) is 0 Å². The predicted molar refractivity (Wildman–Crippen MR) is 103 cm³/mol.